The van der Waals surface area contributed by atoms with Gasteiger partial charge in [-0.05, 0) is 24.6 Å². The van der Waals surface area contributed by atoms with E-state index in [0.717, 1.165) is 0 Å². The number of aromatic nitrogens is 1. The smallest absolute Gasteiger partial charge is 0.341 e. The number of nitrogens with zero attached hydrogens (tertiary/aromatic N) is 2. The summed E-state index contributed by atoms with van der Waals surface area (Å²) in [5, 5.41) is 13.2. The van der Waals surface area contributed by atoms with E-state index in [1.165, 1.54) is 36.5 Å². The molecule has 0 unspecified atom stereocenters. The molecule has 24 heavy (non-hydrogen) atoms. The Labute approximate surface area is 141 Å². The Balaban J connectivity index is 1.99. The van der Waals surface area contributed by atoms with Crippen LogP contribution >= 0.6 is 11.6 Å². The minimum Gasteiger partial charge on any atom is -0.452 e. The topological polar surface area (TPSA) is 111 Å². The summed E-state index contributed by atoms with van der Waals surface area (Å²) in [5.74, 6) is -1.43. The zero-order valence-electron chi connectivity index (χ0n) is 12.5. The number of nitrogens with one attached hydrogen (secondary N) is 1. The maximum absolute atomic E-state index is 11.9. The van der Waals surface area contributed by atoms with Gasteiger partial charge in [0.2, 0.25) is 0 Å². The normalized spacial score (nSPS) is 10.1. The molecule has 0 aliphatic rings. The minimum absolute atomic E-state index is 0.0302. The van der Waals surface area contributed by atoms with Gasteiger partial charge in [0.1, 0.15) is 5.15 Å². The average Bonchev–Trinajstić information content (AvgIpc) is 2.55. The molecule has 0 aliphatic heterocycles. The van der Waals surface area contributed by atoms with Crippen molar-refractivity contribution in [2.75, 3.05) is 11.9 Å². The number of nitro benzene ring substituents is 1. The maximum Gasteiger partial charge on any atom is 0.341 e. The Morgan fingerprint density at radius 1 is 1.38 bits per heavy atom. The van der Waals surface area contributed by atoms with E-state index >= 15 is 0 Å². The molecular weight excluding hydrogens is 338 g/mol. The summed E-state index contributed by atoms with van der Waals surface area (Å²) in [6.45, 7) is 1.12. The standard InChI is InChI=1S/C15H12ClN3O5/c1-9-4-5-10(19(22)23)7-12(9)18-13(20)8-24-15(21)11-3-2-6-17-14(11)16/h2-7H,8H2,1H3,(H,18,20). The number of hydrogen-bond acceptors (Lipinski definition) is 6. The van der Waals surface area contributed by atoms with Crippen molar-refractivity contribution in [3.63, 3.8) is 0 Å². The van der Waals surface area contributed by atoms with Gasteiger partial charge in [-0.1, -0.05) is 17.7 Å². The first-order valence-electron chi connectivity index (χ1n) is 6.71. The number of esters is 1. The molecule has 0 atom stereocenters. The van der Waals surface area contributed by atoms with Crippen LogP contribution < -0.4 is 5.32 Å². The van der Waals surface area contributed by atoms with E-state index in [2.05, 4.69) is 10.3 Å². The second-order valence-corrected chi connectivity index (χ2v) is 5.08. The Morgan fingerprint density at radius 2 is 2.12 bits per heavy atom. The van der Waals surface area contributed by atoms with E-state index in [9.17, 15) is 19.7 Å². The SMILES string of the molecule is Cc1ccc([N+](=O)[O-])cc1NC(=O)COC(=O)c1cccnc1Cl. The van der Waals surface area contributed by atoms with Crippen LogP contribution in [0.25, 0.3) is 0 Å². The number of aryl methyl sites for hydroxylation is 1. The number of anilines is 1. The van der Waals surface area contributed by atoms with Crippen molar-refractivity contribution in [1.29, 1.82) is 0 Å². The molecule has 0 radical (unpaired) electrons. The minimum atomic E-state index is -0.793. The van der Waals surface area contributed by atoms with Crippen LogP contribution in [0.5, 0.6) is 0 Å². The molecule has 8 nitrogen and oxygen atoms in total. The van der Waals surface area contributed by atoms with Gasteiger partial charge >= 0.3 is 5.97 Å². The molecule has 1 aromatic carbocycles. The first kappa shape index (κ1) is 17.4. The van der Waals surface area contributed by atoms with Crippen molar-refractivity contribution in [2.45, 2.75) is 6.92 Å². The monoisotopic (exact) mass is 349 g/mol. The number of carbonyl (C=O) groups is 2. The molecule has 0 bridgehead atoms. The highest BCUT2D eigenvalue weighted by molar-refractivity contribution is 6.32. The number of carbonyl (C=O) groups excluding carboxylic acids is 2. The highest BCUT2D eigenvalue weighted by atomic mass is 35.5. The lowest BCUT2D eigenvalue weighted by Gasteiger charge is -2.09. The van der Waals surface area contributed by atoms with E-state index in [4.69, 9.17) is 16.3 Å². The predicted octanol–water partition coefficient (Wildman–Crippen LogP) is 2.75. The number of pyridine rings is 1. The third-order valence-electron chi connectivity index (χ3n) is 3.02. The summed E-state index contributed by atoms with van der Waals surface area (Å²) in [6, 6.07) is 6.99. The van der Waals surface area contributed by atoms with E-state index in [1.54, 1.807) is 6.92 Å². The van der Waals surface area contributed by atoms with Crippen molar-refractivity contribution < 1.29 is 19.2 Å². The van der Waals surface area contributed by atoms with Gasteiger partial charge in [0.05, 0.1) is 16.2 Å². The summed E-state index contributed by atoms with van der Waals surface area (Å²) in [5.41, 5.74) is 0.786. The van der Waals surface area contributed by atoms with Crippen molar-refractivity contribution in [1.82, 2.24) is 4.98 Å². The van der Waals surface area contributed by atoms with Gasteiger partial charge in [-0.2, -0.15) is 0 Å². The van der Waals surface area contributed by atoms with Gasteiger partial charge in [-0.15, -0.1) is 0 Å². The largest absolute Gasteiger partial charge is 0.452 e. The number of nitro groups is 1. The number of benzene rings is 1. The van der Waals surface area contributed by atoms with E-state index in [-0.39, 0.29) is 22.1 Å². The molecule has 2 rings (SSSR count). The number of ether oxygens (including phenoxy) is 1. The molecule has 9 heteroatoms. The van der Waals surface area contributed by atoms with Crippen LogP contribution in [-0.4, -0.2) is 28.4 Å². The van der Waals surface area contributed by atoms with Crippen LogP contribution in [0.2, 0.25) is 5.15 Å². The summed E-state index contributed by atoms with van der Waals surface area (Å²) in [7, 11) is 0. The van der Waals surface area contributed by atoms with Crippen LogP contribution in [0, 0.1) is 17.0 Å². The quantitative estimate of drug-likeness (QED) is 0.384. The fourth-order valence-corrected chi connectivity index (χ4v) is 1.99. The molecule has 2 aromatic rings. The average molecular weight is 350 g/mol. The van der Waals surface area contributed by atoms with Crippen LogP contribution in [-0.2, 0) is 9.53 Å². The van der Waals surface area contributed by atoms with Gasteiger partial charge < -0.3 is 10.1 Å². The number of amides is 1. The van der Waals surface area contributed by atoms with Gasteiger partial charge in [-0.3, -0.25) is 14.9 Å². The summed E-state index contributed by atoms with van der Waals surface area (Å²) in [6.07, 6.45) is 1.41. The molecule has 0 saturated carbocycles. The summed E-state index contributed by atoms with van der Waals surface area (Å²) < 4.78 is 4.85. The Kier molecular flexibility index (Phi) is 5.43. The van der Waals surface area contributed by atoms with Crippen molar-refractivity contribution in [2.24, 2.45) is 0 Å². The summed E-state index contributed by atoms with van der Waals surface area (Å²) in [4.78, 5) is 37.6. The zero-order valence-corrected chi connectivity index (χ0v) is 13.2. The Morgan fingerprint density at radius 3 is 2.79 bits per heavy atom. The zero-order chi connectivity index (χ0) is 17.7. The molecule has 1 aromatic heterocycles. The highest BCUT2D eigenvalue weighted by Gasteiger charge is 2.15. The van der Waals surface area contributed by atoms with E-state index < -0.39 is 23.4 Å². The molecule has 1 heterocycles. The third-order valence-corrected chi connectivity index (χ3v) is 3.32. The van der Waals surface area contributed by atoms with Crippen molar-refractivity contribution >= 4 is 34.9 Å². The van der Waals surface area contributed by atoms with Gasteiger partial charge in [0.15, 0.2) is 6.61 Å². The maximum atomic E-state index is 11.9. The molecule has 0 spiro atoms. The number of hydrogen-bond donors (Lipinski definition) is 1. The van der Waals surface area contributed by atoms with Gasteiger partial charge in [-0.25, -0.2) is 9.78 Å². The lowest BCUT2D eigenvalue weighted by molar-refractivity contribution is -0.384. The fraction of sp³-hybridized carbons (Fsp3) is 0.133. The lowest BCUT2D eigenvalue weighted by Crippen LogP contribution is -2.21. The van der Waals surface area contributed by atoms with Gasteiger partial charge in [0, 0.05) is 18.3 Å². The van der Waals surface area contributed by atoms with Crippen LogP contribution in [0.4, 0.5) is 11.4 Å². The van der Waals surface area contributed by atoms with Crippen LogP contribution in [0.15, 0.2) is 36.5 Å². The second kappa shape index (κ2) is 7.51. The Hall–Kier alpha value is -3.00. The van der Waals surface area contributed by atoms with Crippen molar-refractivity contribution in [3.05, 3.63) is 62.9 Å². The molecule has 1 amide bonds. The molecular formula is C15H12ClN3O5. The van der Waals surface area contributed by atoms with Gasteiger partial charge in [0.25, 0.3) is 11.6 Å². The Bertz CT molecular complexity index is 809. The third kappa shape index (κ3) is 4.26. The molecule has 0 fully saturated rings. The number of rotatable bonds is 5. The first-order valence-corrected chi connectivity index (χ1v) is 7.09. The van der Waals surface area contributed by atoms with Crippen molar-refractivity contribution in [3.8, 4) is 0 Å². The lowest BCUT2D eigenvalue weighted by atomic mass is 10.2. The number of non-ortho nitro benzene ring substituents is 1. The molecule has 124 valence electrons. The molecule has 0 aliphatic carbocycles. The summed E-state index contributed by atoms with van der Waals surface area (Å²) >= 11 is 5.76. The van der Waals surface area contributed by atoms with Crippen LogP contribution in [0.3, 0.4) is 0 Å². The van der Waals surface area contributed by atoms with E-state index in [1.807, 2.05) is 0 Å². The second-order valence-electron chi connectivity index (χ2n) is 4.72. The number of halogens is 1. The molecule has 0 saturated heterocycles. The fourth-order valence-electron chi connectivity index (χ4n) is 1.79. The molecule has 1 N–H and O–H groups in total. The van der Waals surface area contributed by atoms with E-state index in [0.29, 0.717) is 5.56 Å². The highest BCUT2D eigenvalue weighted by Crippen LogP contribution is 2.21. The first-order chi connectivity index (χ1) is 11.4. The predicted molar refractivity (Wildman–Crippen MR) is 86.0 cm³/mol. The van der Waals surface area contributed by atoms with Crippen LogP contribution in [0.1, 0.15) is 15.9 Å².